The third-order valence-corrected chi connectivity index (χ3v) is 4.56. The van der Waals surface area contributed by atoms with Crippen LogP contribution in [-0.2, 0) is 4.74 Å². The Hall–Kier alpha value is -3.36. The molecule has 0 aliphatic carbocycles. The lowest BCUT2D eigenvalue weighted by Gasteiger charge is -2.17. The zero-order valence-corrected chi connectivity index (χ0v) is 15.1. The van der Waals surface area contributed by atoms with Gasteiger partial charge in [0, 0.05) is 38.0 Å². The number of aromatic nitrogens is 4. The number of pyridine rings is 1. The van der Waals surface area contributed by atoms with Gasteiger partial charge in [0.05, 0.1) is 25.4 Å². The van der Waals surface area contributed by atoms with Crippen molar-refractivity contribution in [1.29, 1.82) is 0 Å². The normalized spacial score (nSPS) is 16.5. The zero-order valence-electron chi connectivity index (χ0n) is 15.1. The average molecular weight is 368 g/mol. The number of amides is 1. The quantitative estimate of drug-likeness (QED) is 0.749. The summed E-state index contributed by atoms with van der Waals surface area (Å²) in [7, 11) is 3.14. The fourth-order valence-corrected chi connectivity index (χ4v) is 3.23. The molecular formula is C18H20N6O3. The first-order chi connectivity index (χ1) is 13.2. The summed E-state index contributed by atoms with van der Waals surface area (Å²) >= 11 is 0. The molecule has 9 heteroatoms. The van der Waals surface area contributed by atoms with Gasteiger partial charge in [-0.05, 0) is 18.2 Å². The minimum Gasteiger partial charge on any atom is -0.481 e. The Morgan fingerprint density at radius 1 is 1.33 bits per heavy atom. The molecule has 3 aromatic heterocycles. The minimum absolute atomic E-state index is 0.147. The van der Waals surface area contributed by atoms with Crippen molar-refractivity contribution < 1.29 is 14.3 Å². The van der Waals surface area contributed by atoms with Crippen molar-refractivity contribution in [2.45, 2.75) is 12.5 Å². The van der Waals surface area contributed by atoms with Crippen molar-refractivity contribution in [1.82, 2.24) is 24.9 Å². The van der Waals surface area contributed by atoms with E-state index in [0.717, 1.165) is 35.6 Å². The standard InChI is InChI=1S/C18H20N6O3/c1-19-18(25)27-12-5-8-23(11-12)15-6-9-24-16(22-15)14(10-21-24)13-4-3-7-20-17(13)26-2/h3-4,6-7,9-10,12H,5,8,11H2,1-2H3,(H,19,25). The minimum atomic E-state index is -0.410. The predicted molar refractivity (Wildman–Crippen MR) is 98.9 cm³/mol. The molecule has 1 atom stereocenters. The van der Waals surface area contributed by atoms with Crippen LogP contribution in [0.5, 0.6) is 5.88 Å². The number of nitrogens with zero attached hydrogens (tertiary/aromatic N) is 5. The van der Waals surface area contributed by atoms with Crippen LogP contribution in [0.3, 0.4) is 0 Å². The molecule has 0 radical (unpaired) electrons. The molecule has 1 fully saturated rings. The van der Waals surface area contributed by atoms with Crippen molar-refractivity contribution in [3.63, 3.8) is 0 Å². The number of hydrogen-bond donors (Lipinski definition) is 1. The van der Waals surface area contributed by atoms with Crippen LogP contribution in [0.15, 0.2) is 36.8 Å². The summed E-state index contributed by atoms with van der Waals surface area (Å²) in [5, 5.41) is 6.86. The molecule has 1 aliphatic rings. The zero-order chi connectivity index (χ0) is 18.8. The number of methoxy groups -OCH3 is 1. The Morgan fingerprint density at radius 3 is 3.04 bits per heavy atom. The lowest BCUT2D eigenvalue weighted by molar-refractivity contribution is 0.110. The molecule has 1 N–H and O–H groups in total. The summed E-state index contributed by atoms with van der Waals surface area (Å²) in [6.45, 7) is 1.38. The lowest BCUT2D eigenvalue weighted by Crippen LogP contribution is -2.29. The van der Waals surface area contributed by atoms with Crippen molar-refractivity contribution in [3.8, 4) is 17.0 Å². The monoisotopic (exact) mass is 368 g/mol. The highest BCUT2D eigenvalue weighted by Crippen LogP contribution is 2.31. The van der Waals surface area contributed by atoms with Gasteiger partial charge in [-0.3, -0.25) is 0 Å². The average Bonchev–Trinajstić information content (AvgIpc) is 3.34. The van der Waals surface area contributed by atoms with Crippen LogP contribution in [0.2, 0.25) is 0 Å². The van der Waals surface area contributed by atoms with Crippen molar-refractivity contribution in [3.05, 3.63) is 36.8 Å². The lowest BCUT2D eigenvalue weighted by atomic mass is 10.1. The number of carbonyl (C=O) groups is 1. The first-order valence-corrected chi connectivity index (χ1v) is 8.66. The van der Waals surface area contributed by atoms with E-state index < -0.39 is 6.09 Å². The fraction of sp³-hybridized carbons (Fsp3) is 0.333. The van der Waals surface area contributed by atoms with E-state index in [1.54, 1.807) is 31.1 Å². The van der Waals surface area contributed by atoms with Gasteiger partial charge in [0.2, 0.25) is 5.88 Å². The summed E-state index contributed by atoms with van der Waals surface area (Å²) in [5.74, 6) is 1.34. The summed E-state index contributed by atoms with van der Waals surface area (Å²) in [4.78, 5) is 22.6. The molecule has 0 spiro atoms. The van der Waals surface area contributed by atoms with Crippen molar-refractivity contribution in [2.24, 2.45) is 0 Å². The van der Waals surface area contributed by atoms with Crippen LogP contribution >= 0.6 is 0 Å². The van der Waals surface area contributed by atoms with Crippen molar-refractivity contribution in [2.75, 3.05) is 32.1 Å². The maximum absolute atomic E-state index is 11.4. The summed E-state index contributed by atoms with van der Waals surface area (Å²) in [6, 6.07) is 5.69. The third-order valence-electron chi connectivity index (χ3n) is 4.56. The number of nitrogens with one attached hydrogen (secondary N) is 1. The maximum atomic E-state index is 11.4. The Balaban J connectivity index is 1.64. The molecule has 4 heterocycles. The summed E-state index contributed by atoms with van der Waals surface area (Å²) in [6.07, 6.45) is 5.52. The van der Waals surface area contributed by atoms with Crippen LogP contribution in [-0.4, -0.2) is 59.0 Å². The van der Waals surface area contributed by atoms with Crippen LogP contribution in [0.4, 0.5) is 10.6 Å². The number of rotatable bonds is 4. The first kappa shape index (κ1) is 17.1. The van der Waals surface area contributed by atoms with E-state index in [1.165, 1.54) is 0 Å². The number of hydrogen-bond acceptors (Lipinski definition) is 7. The summed E-state index contributed by atoms with van der Waals surface area (Å²) in [5.41, 5.74) is 2.40. The van der Waals surface area contributed by atoms with E-state index in [0.29, 0.717) is 12.4 Å². The van der Waals surface area contributed by atoms with Crippen molar-refractivity contribution >= 4 is 17.6 Å². The molecule has 0 bridgehead atoms. The van der Waals surface area contributed by atoms with Crippen LogP contribution in [0.1, 0.15) is 6.42 Å². The highest BCUT2D eigenvalue weighted by Gasteiger charge is 2.27. The molecule has 1 aliphatic heterocycles. The van der Waals surface area contributed by atoms with Gasteiger partial charge in [0.1, 0.15) is 11.9 Å². The van der Waals surface area contributed by atoms with Gasteiger partial charge >= 0.3 is 6.09 Å². The van der Waals surface area contributed by atoms with Gasteiger partial charge in [-0.15, -0.1) is 0 Å². The molecule has 1 unspecified atom stereocenters. The van der Waals surface area contributed by atoms with Gasteiger partial charge < -0.3 is 19.7 Å². The molecule has 0 aromatic carbocycles. The molecule has 0 saturated carbocycles. The molecule has 9 nitrogen and oxygen atoms in total. The molecule has 1 amide bonds. The third kappa shape index (κ3) is 3.23. The van der Waals surface area contributed by atoms with E-state index in [4.69, 9.17) is 14.5 Å². The Morgan fingerprint density at radius 2 is 2.22 bits per heavy atom. The topological polar surface area (TPSA) is 93.9 Å². The van der Waals surface area contributed by atoms with E-state index in [2.05, 4.69) is 20.3 Å². The van der Waals surface area contributed by atoms with E-state index in [9.17, 15) is 4.79 Å². The predicted octanol–water partition coefficient (Wildman–Crippen LogP) is 1.73. The Kier molecular flexibility index (Phi) is 4.49. The number of ether oxygens (including phenoxy) is 2. The van der Waals surface area contributed by atoms with E-state index in [-0.39, 0.29) is 6.10 Å². The Bertz CT molecular complexity index is 973. The molecule has 140 valence electrons. The highest BCUT2D eigenvalue weighted by molar-refractivity contribution is 5.80. The van der Waals surface area contributed by atoms with Crippen LogP contribution in [0, 0.1) is 0 Å². The number of alkyl carbamates (subject to hydrolysis) is 1. The largest absolute Gasteiger partial charge is 0.481 e. The van der Waals surface area contributed by atoms with E-state index in [1.807, 2.05) is 24.4 Å². The second kappa shape index (κ2) is 7.10. The second-order valence-corrected chi connectivity index (χ2v) is 6.18. The first-order valence-electron chi connectivity index (χ1n) is 8.66. The van der Waals surface area contributed by atoms with Gasteiger partial charge in [-0.1, -0.05) is 0 Å². The molecular weight excluding hydrogens is 348 g/mol. The molecule has 4 rings (SSSR count). The maximum Gasteiger partial charge on any atom is 0.407 e. The van der Waals surface area contributed by atoms with Crippen LogP contribution < -0.4 is 15.0 Å². The molecule has 1 saturated heterocycles. The molecule has 3 aromatic rings. The van der Waals surface area contributed by atoms with Crippen LogP contribution in [0.25, 0.3) is 16.8 Å². The Labute approximate surface area is 155 Å². The van der Waals surface area contributed by atoms with Gasteiger partial charge in [0.25, 0.3) is 0 Å². The summed E-state index contributed by atoms with van der Waals surface area (Å²) < 4.78 is 12.4. The molecule has 27 heavy (non-hydrogen) atoms. The van der Waals surface area contributed by atoms with Gasteiger partial charge in [-0.2, -0.15) is 5.10 Å². The number of anilines is 1. The highest BCUT2D eigenvalue weighted by atomic mass is 16.6. The van der Waals surface area contributed by atoms with Gasteiger partial charge in [-0.25, -0.2) is 19.3 Å². The smallest absolute Gasteiger partial charge is 0.407 e. The SMILES string of the molecule is CNC(=O)OC1CCN(c2ccn3ncc(-c4cccnc4OC)c3n2)C1. The number of fused-ring (bicyclic) bond motifs is 1. The number of carbonyl (C=O) groups excluding carboxylic acids is 1. The van der Waals surface area contributed by atoms with Gasteiger partial charge in [0.15, 0.2) is 5.65 Å². The fourth-order valence-electron chi connectivity index (χ4n) is 3.23. The second-order valence-electron chi connectivity index (χ2n) is 6.18. The van der Waals surface area contributed by atoms with E-state index >= 15 is 0 Å².